The Bertz CT molecular complexity index is 2850. The van der Waals surface area contributed by atoms with Crippen LogP contribution in [-0.4, -0.2) is 153 Å². The molecule has 2 aromatic heterocycles. The number of aliphatic imine (C=N–C) groups is 1. The number of thiol groups is 1. The number of H-pyrrole nitrogens is 2. The average molecular weight is 1150 g/mol. The Kier molecular flexibility index (Phi) is 26.4. The summed E-state index contributed by atoms with van der Waals surface area (Å²) in [6.45, 7) is 3.85. The number of unbranched alkanes of at least 4 members (excludes halogenated alkanes) is 1. The number of carboxylic acid groups (broad SMARTS) is 2. The molecule has 0 fully saturated rings. The van der Waals surface area contributed by atoms with E-state index in [9.17, 15) is 58.2 Å². The van der Waals surface area contributed by atoms with Crippen molar-refractivity contribution in [2.24, 2.45) is 39.6 Å². The zero-order valence-corrected chi connectivity index (χ0v) is 46.2. The highest BCUT2D eigenvalue weighted by atomic mass is 32.1. The van der Waals surface area contributed by atoms with Crippen LogP contribution < -0.4 is 65.9 Å². The van der Waals surface area contributed by atoms with Crippen LogP contribution in [0, 0.1) is 5.92 Å². The molecule has 0 aliphatic rings. The third-order valence-electron chi connectivity index (χ3n) is 13.1. The second-order valence-electron chi connectivity index (χ2n) is 20.0. The fourth-order valence-corrected chi connectivity index (χ4v) is 8.94. The molecule has 442 valence electrons. The van der Waals surface area contributed by atoms with E-state index in [2.05, 4.69) is 64.8 Å². The minimum atomic E-state index is -1.66. The number of aliphatic carboxylic acids is 2. The lowest BCUT2D eigenvalue weighted by Gasteiger charge is -2.28. The number of aromatic nitrogens is 2. The van der Waals surface area contributed by atoms with Crippen molar-refractivity contribution in [1.29, 1.82) is 0 Å². The Morgan fingerprint density at radius 2 is 0.975 bits per heavy atom. The molecule has 0 bridgehead atoms. The summed E-state index contributed by atoms with van der Waals surface area (Å²) in [4.78, 5) is 145. The predicted octanol–water partition coefficient (Wildman–Crippen LogP) is -1.47. The first-order chi connectivity index (χ1) is 38.5. The number of carbonyl (C=O) groups excluding carboxylic acids is 8. The number of amides is 8. The predicted molar refractivity (Wildman–Crippen MR) is 305 cm³/mol. The molecule has 0 spiro atoms. The normalized spacial score (nSPS) is 14.2. The van der Waals surface area contributed by atoms with E-state index >= 15 is 0 Å². The first-order valence-corrected chi connectivity index (χ1v) is 27.2. The minimum Gasteiger partial charge on any atom is -0.481 e. The largest absolute Gasteiger partial charge is 0.481 e. The maximum absolute atomic E-state index is 14.9. The summed E-state index contributed by atoms with van der Waals surface area (Å²) in [5.41, 5.74) is 30.9. The van der Waals surface area contributed by atoms with Gasteiger partial charge in [0.15, 0.2) is 5.96 Å². The summed E-state index contributed by atoms with van der Waals surface area (Å²) in [6, 6.07) is 3.17. The van der Waals surface area contributed by atoms with E-state index in [4.69, 9.17) is 28.7 Å². The smallest absolute Gasteiger partial charge is 0.326 e. The van der Waals surface area contributed by atoms with Gasteiger partial charge in [0.2, 0.25) is 47.3 Å². The van der Waals surface area contributed by atoms with Crippen molar-refractivity contribution < 1.29 is 58.2 Å². The van der Waals surface area contributed by atoms with Gasteiger partial charge in [0.1, 0.15) is 42.3 Å². The Labute approximate surface area is 473 Å². The van der Waals surface area contributed by atoms with Gasteiger partial charge in [-0.25, -0.2) is 4.79 Å². The molecule has 8 amide bonds. The fourth-order valence-electron chi connectivity index (χ4n) is 8.77. The molecule has 0 aliphatic heterocycles. The van der Waals surface area contributed by atoms with Crippen LogP contribution in [0.5, 0.6) is 0 Å². The molecule has 0 saturated heterocycles. The molecule has 28 heteroatoms. The maximum Gasteiger partial charge on any atom is 0.326 e. The molecule has 21 N–H and O–H groups in total. The summed E-state index contributed by atoms with van der Waals surface area (Å²) >= 11 is 4.14. The van der Waals surface area contributed by atoms with Crippen molar-refractivity contribution in [1.82, 2.24) is 47.2 Å². The van der Waals surface area contributed by atoms with Gasteiger partial charge in [-0.2, -0.15) is 12.6 Å². The van der Waals surface area contributed by atoms with E-state index in [0.717, 1.165) is 10.9 Å². The summed E-state index contributed by atoms with van der Waals surface area (Å²) in [5.74, 6) is -10.4. The number of guanidine groups is 1. The number of aromatic amines is 2. The molecule has 0 unspecified atom stereocenters. The summed E-state index contributed by atoms with van der Waals surface area (Å²) < 4.78 is 0. The molecule has 4 rings (SSSR count). The number of rotatable bonds is 36. The van der Waals surface area contributed by atoms with Crippen molar-refractivity contribution in [3.8, 4) is 0 Å². The first-order valence-electron chi connectivity index (χ1n) is 26.6. The molecular formula is C53H77N15O12S. The van der Waals surface area contributed by atoms with Crippen LogP contribution in [0.3, 0.4) is 0 Å². The van der Waals surface area contributed by atoms with Gasteiger partial charge in [-0.1, -0.05) is 50.2 Å². The third-order valence-corrected chi connectivity index (χ3v) is 13.5. The zero-order chi connectivity index (χ0) is 59.8. The number of hydrogen-bond donors (Lipinski definition) is 17. The molecule has 0 aliphatic carbocycles. The molecule has 81 heavy (non-hydrogen) atoms. The van der Waals surface area contributed by atoms with Crippen LogP contribution in [-0.2, 0) is 60.8 Å². The van der Waals surface area contributed by atoms with Crippen LogP contribution in [0.15, 0.2) is 65.9 Å². The van der Waals surface area contributed by atoms with Crippen LogP contribution in [0.25, 0.3) is 21.8 Å². The summed E-state index contributed by atoms with van der Waals surface area (Å²) in [7, 11) is 0. The number of para-hydroxylation sites is 2. The highest BCUT2D eigenvalue weighted by Crippen LogP contribution is 2.22. The highest BCUT2D eigenvalue weighted by Gasteiger charge is 2.35. The van der Waals surface area contributed by atoms with Crippen molar-refractivity contribution >= 4 is 99.6 Å². The number of nitrogens with two attached hydrogens (primary N) is 5. The second kappa shape index (κ2) is 32.7. The molecule has 8 atom stereocenters. The van der Waals surface area contributed by atoms with Gasteiger partial charge in [-0.3, -0.25) is 48.1 Å². The first kappa shape index (κ1) is 65.3. The topological polar surface area (TPSA) is 469 Å². The molecule has 2 aromatic carbocycles. The van der Waals surface area contributed by atoms with Crippen molar-refractivity contribution in [2.75, 3.05) is 18.8 Å². The number of hydrogen-bond acceptors (Lipinski definition) is 14. The van der Waals surface area contributed by atoms with E-state index in [0.29, 0.717) is 34.9 Å². The number of benzene rings is 2. The standard InChI is InChI=1S/C53H77N15O12S/c1-28(2)22-40(67-51(78)41(66-45(72)33(55)27-81)23-29-25-60-34-12-5-3-10-31(29)34)49(76)68-42(24-30-26-61-35-13-6-4-11-32(30)35)50(77)62-36(15-9-21-59-53(57)58)46(73)63-37(16-18-43(56)69)47(74)64-38(17-19-44(70)71)48(75)65-39(52(79)80)14-7-8-20-54/h3-6,10-13,25-26,28,33,36-42,60-61,81H,7-9,14-24,27,54-55H2,1-2H3,(H2,56,69)(H,62,77)(H,63,73)(H,64,74)(H,65,75)(H,66,72)(H,67,78)(H,68,76)(H,70,71)(H,79,80)(H4,57,58,59)/t33-,36-,37-,38-,39-,40-,41-,42-/m0/s1. The Morgan fingerprint density at radius 3 is 1.43 bits per heavy atom. The maximum atomic E-state index is 14.9. The van der Waals surface area contributed by atoms with Crippen molar-refractivity contribution in [3.63, 3.8) is 0 Å². The van der Waals surface area contributed by atoms with E-state index in [-0.39, 0.29) is 69.2 Å². The number of carboxylic acids is 2. The number of fused-ring (bicyclic) bond motifs is 2. The minimum absolute atomic E-state index is 0.00993. The number of primary amides is 1. The molecule has 2 heterocycles. The number of nitrogens with zero attached hydrogens (tertiary/aromatic N) is 1. The van der Waals surface area contributed by atoms with Gasteiger partial charge >= 0.3 is 11.9 Å². The quantitative estimate of drug-likeness (QED) is 0.0107. The fraction of sp³-hybridized carbons (Fsp3) is 0.491. The Hall–Kier alpha value is -8.24. The summed E-state index contributed by atoms with van der Waals surface area (Å²) in [6.07, 6.45) is 1.72. The number of nitrogens with one attached hydrogen (secondary N) is 9. The van der Waals surface area contributed by atoms with Gasteiger partial charge in [-0.05, 0) is 87.1 Å². The second-order valence-corrected chi connectivity index (χ2v) is 20.3. The lowest BCUT2D eigenvalue weighted by molar-refractivity contribution is -0.143. The van der Waals surface area contributed by atoms with Gasteiger partial charge in [0.05, 0.1) is 6.04 Å². The van der Waals surface area contributed by atoms with Crippen molar-refractivity contribution in [3.05, 3.63) is 72.1 Å². The van der Waals surface area contributed by atoms with Crippen LogP contribution >= 0.6 is 12.6 Å². The highest BCUT2D eigenvalue weighted by molar-refractivity contribution is 7.80. The van der Waals surface area contributed by atoms with Crippen LogP contribution in [0.2, 0.25) is 0 Å². The third kappa shape index (κ3) is 21.4. The molecule has 27 nitrogen and oxygen atoms in total. The van der Waals surface area contributed by atoms with Gasteiger partial charge in [-0.15, -0.1) is 0 Å². The van der Waals surface area contributed by atoms with E-state index < -0.39 is 133 Å². The lowest BCUT2D eigenvalue weighted by atomic mass is 9.99. The molecular weight excluding hydrogens is 1070 g/mol. The van der Waals surface area contributed by atoms with Crippen LogP contribution in [0.1, 0.15) is 89.2 Å². The van der Waals surface area contributed by atoms with E-state index in [1.807, 2.05) is 38.1 Å². The van der Waals surface area contributed by atoms with Gasteiger partial charge in [0.25, 0.3) is 0 Å². The monoisotopic (exact) mass is 1150 g/mol. The molecule has 0 radical (unpaired) electrons. The molecule has 4 aromatic rings. The van der Waals surface area contributed by atoms with E-state index in [1.165, 1.54) is 0 Å². The van der Waals surface area contributed by atoms with Crippen LogP contribution in [0.4, 0.5) is 0 Å². The van der Waals surface area contributed by atoms with E-state index in [1.54, 1.807) is 36.7 Å². The lowest BCUT2D eigenvalue weighted by Crippen LogP contribution is -2.60. The average Bonchev–Trinajstić information content (AvgIpc) is 4.03. The SMILES string of the molecule is CC(C)C[C@H](NC(=O)[C@H](Cc1c[nH]c2ccccc12)NC(=O)[C@@H](N)CS)C(=O)N[C@@H](Cc1c[nH]c2ccccc12)C(=O)N[C@@H](CCCN=C(N)N)C(=O)N[C@@H](CCC(N)=O)C(=O)N[C@@H](CCC(=O)O)C(=O)N[C@@H](CCCCN)C(=O)O. The zero-order valence-electron chi connectivity index (χ0n) is 45.3. The van der Waals surface area contributed by atoms with Crippen molar-refractivity contribution in [2.45, 2.75) is 139 Å². The number of carbonyl (C=O) groups is 10. The summed E-state index contributed by atoms with van der Waals surface area (Å²) in [5, 5.41) is 38.9. The van der Waals surface area contributed by atoms with Gasteiger partial charge < -0.3 is 86.1 Å². The Balaban J connectivity index is 1.69. The van der Waals surface area contributed by atoms with Gasteiger partial charge in [0, 0.05) is 72.2 Å². The Morgan fingerprint density at radius 1 is 0.556 bits per heavy atom. The molecule has 0 saturated carbocycles.